The zero-order chi connectivity index (χ0) is 29.0. The Morgan fingerprint density at radius 2 is 1.38 bits per heavy atom. The van der Waals surface area contributed by atoms with Gasteiger partial charge in [-0.1, -0.05) is 83.1 Å². The van der Waals surface area contributed by atoms with E-state index in [0.717, 1.165) is 57.8 Å². The molecule has 0 saturated heterocycles. The number of unbranched alkanes of at least 4 members (excludes halogenated alkanes) is 10. The van der Waals surface area contributed by atoms with Gasteiger partial charge < -0.3 is 20.1 Å². The van der Waals surface area contributed by atoms with Crippen molar-refractivity contribution in [2.45, 2.75) is 123 Å². The van der Waals surface area contributed by atoms with Crippen molar-refractivity contribution >= 4 is 19.7 Å². The molecule has 0 aliphatic carbocycles. The number of nitrogens with one attached hydrogen (secondary N) is 1. The van der Waals surface area contributed by atoms with Gasteiger partial charge in [0, 0.05) is 19.4 Å². The highest BCUT2D eigenvalue weighted by molar-refractivity contribution is 7.47. The van der Waals surface area contributed by atoms with Gasteiger partial charge >= 0.3 is 13.8 Å². The third-order valence-corrected chi connectivity index (χ3v) is 6.87. The van der Waals surface area contributed by atoms with E-state index in [1.807, 2.05) is 6.92 Å². The molecular formula is C29H54NO8P. The average Bonchev–Trinajstić information content (AvgIpc) is 2.91. The molecule has 9 nitrogen and oxygen atoms in total. The molecule has 2 atom stereocenters. The maximum absolute atomic E-state index is 11.9. The summed E-state index contributed by atoms with van der Waals surface area (Å²) in [6.07, 6.45) is 23.4. The number of allylic oxidation sites excluding steroid dienone is 4. The van der Waals surface area contributed by atoms with Gasteiger partial charge in [-0.05, 0) is 44.9 Å². The maximum atomic E-state index is 11.9. The highest BCUT2D eigenvalue weighted by atomic mass is 31.2. The molecule has 39 heavy (non-hydrogen) atoms. The zero-order valence-corrected chi connectivity index (χ0v) is 25.2. The van der Waals surface area contributed by atoms with Gasteiger partial charge in [-0.25, -0.2) is 4.57 Å². The molecule has 0 aromatic carbocycles. The number of rotatable bonds is 27. The van der Waals surface area contributed by atoms with Crippen LogP contribution in [0, 0.1) is 0 Å². The summed E-state index contributed by atoms with van der Waals surface area (Å²) >= 11 is 0. The van der Waals surface area contributed by atoms with E-state index in [1.54, 1.807) is 0 Å². The van der Waals surface area contributed by atoms with Gasteiger partial charge in [0.2, 0.25) is 5.91 Å². The van der Waals surface area contributed by atoms with E-state index >= 15 is 0 Å². The summed E-state index contributed by atoms with van der Waals surface area (Å²) < 4.78 is 26.3. The summed E-state index contributed by atoms with van der Waals surface area (Å²) in [6, 6.07) is 0. The quantitative estimate of drug-likeness (QED) is 0.0436. The van der Waals surface area contributed by atoms with Gasteiger partial charge in [0.25, 0.3) is 0 Å². The fourth-order valence-corrected chi connectivity index (χ4v) is 4.34. The lowest BCUT2D eigenvalue weighted by atomic mass is 10.1. The van der Waals surface area contributed by atoms with E-state index in [-0.39, 0.29) is 32.1 Å². The lowest BCUT2D eigenvalue weighted by molar-refractivity contribution is -0.147. The molecule has 0 spiro atoms. The minimum atomic E-state index is -4.39. The zero-order valence-electron chi connectivity index (χ0n) is 24.3. The molecule has 0 bridgehead atoms. The van der Waals surface area contributed by atoms with Crippen LogP contribution >= 0.6 is 7.82 Å². The summed E-state index contributed by atoms with van der Waals surface area (Å²) in [5.74, 6) is -0.560. The smallest absolute Gasteiger partial charge is 0.463 e. The van der Waals surface area contributed by atoms with E-state index in [4.69, 9.17) is 13.8 Å². The first kappa shape index (κ1) is 37.5. The Morgan fingerprint density at radius 3 is 2.08 bits per heavy atom. The van der Waals surface area contributed by atoms with Crippen LogP contribution in [-0.2, 0) is 27.9 Å². The Kier molecular flexibility index (Phi) is 25.7. The van der Waals surface area contributed by atoms with Gasteiger partial charge in [0.15, 0.2) is 0 Å². The Labute approximate surface area is 236 Å². The summed E-state index contributed by atoms with van der Waals surface area (Å²) in [5.41, 5.74) is 0. The van der Waals surface area contributed by atoms with Gasteiger partial charge in [0.1, 0.15) is 12.7 Å². The molecule has 1 amide bonds. The number of hydrogen-bond acceptors (Lipinski definition) is 7. The van der Waals surface area contributed by atoms with Gasteiger partial charge in [-0.2, -0.15) is 0 Å². The van der Waals surface area contributed by atoms with Crippen molar-refractivity contribution in [2.24, 2.45) is 0 Å². The Balaban J connectivity index is 3.65. The van der Waals surface area contributed by atoms with Crippen molar-refractivity contribution < 1.29 is 37.9 Å². The number of esters is 1. The van der Waals surface area contributed by atoms with Crippen molar-refractivity contribution in [3.63, 3.8) is 0 Å². The number of aliphatic hydroxyl groups excluding tert-OH is 1. The molecular weight excluding hydrogens is 521 g/mol. The van der Waals surface area contributed by atoms with Crippen LogP contribution in [0.15, 0.2) is 24.3 Å². The van der Waals surface area contributed by atoms with Crippen LogP contribution in [0.3, 0.4) is 0 Å². The summed E-state index contributed by atoms with van der Waals surface area (Å²) in [4.78, 5) is 33.1. The van der Waals surface area contributed by atoms with Crippen molar-refractivity contribution in [3.05, 3.63) is 24.3 Å². The van der Waals surface area contributed by atoms with E-state index in [9.17, 15) is 24.2 Å². The minimum absolute atomic E-state index is 0.0743. The Morgan fingerprint density at radius 1 is 0.795 bits per heavy atom. The molecule has 3 N–H and O–H groups in total. The van der Waals surface area contributed by atoms with E-state index in [0.29, 0.717) is 12.8 Å². The highest BCUT2D eigenvalue weighted by Gasteiger charge is 2.23. The molecule has 0 rings (SSSR count). The average molecular weight is 576 g/mol. The third-order valence-electron chi connectivity index (χ3n) is 5.88. The number of carbonyl (C=O) groups is 2. The number of hydrogen-bond donors (Lipinski definition) is 3. The van der Waals surface area contributed by atoms with Crippen molar-refractivity contribution in [1.82, 2.24) is 5.32 Å². The topological polar surface area (TPSA) is 131 Å². The molecule has 0 heterocycles. The number of ether oxygens (including phenoxy) is 1. The second-order valence-electron chi connectivity index (χ2n) is 9.72. The molecule has 10 heteroatoms. The van der Waals surface area contributed by atoms with Crippen LogP contribution < -0.4 is 5.32 Å². The van der Waals surface area contributed by atoms with Crippen LogP contribution in [-0.4, -0.2) is 54.3 Å². The fraction of sp³-hybridized carbons (Fsp3) is 0.793. The minimum Gasteiger partial charge on any atom is -0.463 e. The molecule has 228 valence electrons. The molecule has 0 fully saturated rings. The van der Waals surface area contributed by atoms with Crippen LogP contribution in [0.25, 0.3) is 0 Å². The molecule has 2 unspecified atom stereocenters. The second-order valence-corrected chi connectivity index (χ2v) is 11.2. The molecule has 0 aromatic rings. The standard InChI is InChI=1S/C29H54NO8P/c1-3-5-7-8-9-10-11-12-13-14-15-16-17-18-20-21-28(32)30-23-24-37-39(34,35)38-26-27(31)25-36-29(33)22-19-6-4-2/h9-10,12-13,27,31H,3-8,11,14-26H2,1-2H3,(H,30,32)(H,34,35)/b10-9-,13-12-. The first-order valence-electron chi connectivity index (χ1n) is 14.8. The van der Waals surface area contributed by atoms with Crippen molar-refractivity contribution in [3.8, 4) is 0 Å². The predicted octanol–water partition coefficient (Wildman–Crippen LogP) is 6.53. The first-order chi connectivity index (χ1) is 18.8. The summed E-state index contributed by atoms with van der Waals surface area (Å²) in [5, 5.41) is 12.4. The van der Waals surface area contributed by atoms with Crippen molar-refractivity contribution in [1.29, 1.82) is 0 Å². The number of carbonyl (C=O) groups excluding carboxylic acids is 2. The molecule has 0 aliphatic heterocycles. The summed E-state index contributed by atoms with van der Waals surface area (Å²) in [6.45, 7) is 3.27. The molecule has 0 radical (unpaired) electrons. The molecule has 0 aliphatic rings. The SMILES string of the molecule is CCCCC/C=C\C/C=C\CCCCCCCC(=O)NCCOP(=O)(O)OCC(O)COC(=O)CCCCC. The Hall–Kier alpha value is -1.51. The van der Waals surface area contributed by atoms with Crippen LogP contribution in [0.5, 0.6) is 0 Å². The van der Waals surface area contributed by atoms with E-state index in [1.165, 1.54) is 25.7 Å². The van der Waals surface area contributed by atoms with Crippen LogP contribution in [0.4, 0.5) is 0 Å². The number of phosphoric ester groups is 1. The number of amides is 1. The normalized spacial score (nSPS) is 14.1. The number of phosphoric acid groups is 1. The lowest BCUT2D eigenvalue weighted by Gasteiger charge is -2.15. The van der Waals surface area contributed by atoms with Crippen molar-refractivity contribution in [2.75, 3.05) is 26.4 Å². The highest BCUT2D eigenvalue weighted by Crippen LogP contribution is 2.42. The maximum Gasteiger partial charge on any atom is 0.472 e. The predicted molar refractivity (Wildman–Crippen MR) is 155 cm³/mol. The van der Waals surface area contributed by atoms with Gasteiger partial charge in [-0.3, -0.25) is 18.6 Å². The second kappa shape index (κ2) is 26.7. The van der Waals surface area contributed by atoms with E-state index in [2.05, 4.69) is 36.5 Å². The fourth-order valence-electron chi connectivity index (χ4n) is 3.58. The third kappa shape index (κ3) is 27.8. The van der Waals surface area contributed by atoms with Gasteiger partial charge in [-0.15, -0.1) is 0 Å². The lowest BCUT2D eigenvalue weighted by Crippen LogP contribution is -2.27. The molecule has 0 saturated carbocycles. The van der Waals surface area contributed by atoms with E-state index < -0.39 is 26.5 Å². The Bertz CT molecular complexity index is 713. The largest absolute Gasteiger partial charge is 0.472 e. The van der Waals surface area contributed by atoms with Crippen LogP contribution in [0.2, 0.25) is 0 Å². The van der Waals surface area contributed by atoms with Crippen LogP contribution in [0.1, 0.15) is 117 Å². The monoisotopic (exact) mass is 575 g/mol. The van der Waals surface area contributed by atoms with Gasteiger partial charge in [0.05, 0.1) is 13.2 Å². The first-order valence-corrected chi connectivity index (χ1v) is 16.3. The summed E-state index contributed by atoms with van der Waals surface area (Å²) in [7, 11) is -4.39. The molecule has 0 aromatic heterocycles. The number of aliphatic hydroxyl groups is 1.